The van der Waals surface area contributed by atoms with Crippen LogP contribution in [0.4, 0.5) is 0 Å². The molecule has 0 saturated carbocycles. The Bertz CT molecular complexity index is 546. The van der Waals surface area contributed by atoms with Crippen LogP contribution in [0, 0.1) is 0 Å². The highest BCUT2D eigenvalue weighted by Gasteiger charge is 2.18. The zero-order valence-electron chi connectivity index (χ0n) is 8.81. The summed E-state index contributed by atoms with van der Waals surface area (Å²) < 4.78 is 0. The molecule has 78 valence electrons. The number of benzene rings is 1. The molecule has 0 bridgehead atoms. The van der Waals surface area contributed by atoms with E-state index in [1.165, 1.54) is 5.56 Å². The summed E-state index contributed by atoms with van der Waals surface area (Å²) in [6, 6.07) is 12.0. The molecule has 0 aliphatic heterocycles. The minimum Gasteiger partial charge on any atom is -0.299 e. The lowest BCUT2D eigenvalue weighted by Crippen LogP contribution is -1.92. The standard InChI is InChI=1S/C14H11NO/c16-13-8-10-4-5-11(7-12(10)9-13)14-3-1-2-6-15-14/h1-7H,8-9H2. The van der Waals surface area contributed by atoms with Crippen LogP contribution in [0.5, 0.6) is 0 Å². The van der Waals surface area contributed by atoms with Crippen LogP contribution < -0.4 is 0 Å². The van der Waals surface area contributed by atoms with E-state index < -0.39 is 0 Å². The van der Waals surface area contributed by atoms with Gasteiger partial charge in [-0.15, -0.1) is 0 Å². The molecule has 3 rings (SSSR count). The summed E-state index contributed by atoms with van der Waals surface area (Å²) in [6.45, 7) is 0. The topological polar surface area (TPSA) is 30.0 Å². The highest BCUT2D eigenvalue weighted by Crippen LogP contribution is 2.25. The van der Waals surface area contributed by atoms with Crippen LogP contribution in [0.3, 0.4) is 0 Å². The number of fused-ring (bicyclic) bond motifs is 1. The minimum atomic E-state index is 0.313. The summed E-state index contributed by atoms with van der Waals surface area (Å²) in [7, 11) is 0. The average Bonchev–Trinajstić information content (AvgIpc) is 2.69. The lowest BCUT2D eigenvalue weighted by atomic mass is 10.0. The molecule has 2 aromatic rings. The van der Waals surface area contributed by atoms with E-state index in [1.54, 1.807) is 6.20 Å². The van der Waals surface area contributed by atoms with Gasteiger partial charge in [0, 0.05) is 24.6 Å². The van der Waals surface area contributed by atoms with Crippen molar-refractivity contribution in [2.24, 2.45) is 0 Å². The van der Waals surface area contributed by atoms with Gasteiger partial charge in [-0.2, -0.15) is 0 Å². The van der Waals surface area contributed by atoms with Crippen molar-refractivity contribution in [1.29, 1.82) is 0 Å². The molecular formula is C14H11NO. The number of rotatable bonds is 1. The number of ketones is 1. The van der Waals surface area contributed by atoms with Crippen LogP contribution in [0.25, 0.3) is 11.3 Å². The number of carbonyl (C=O) groups is 1. The Kier molecular flexibility index (Phi) is 2.07. The van der Waals surface area contributed by atoms with Crippen LogP contribution in [0.15, 0.2) is 42.6 Å². The zero-order chi connectivity index (χ0) is 11.0. The number of Topliss-reactive ketones (excluding diaryl/α,β-unsaturated/α-hetero) is 1. The monoisotopic (exact) mass is 209 g/mol. The van der Waals surface area contributed by atoms with Gasteiger partial charge in [0.15, 0.2) is 0 Å². The third-order valence-corrected chi connectivity index (χ3v) is 2.94. The summed E-state index contributed by atoms with van der Waals surface area (Å²) in [5.41, 5.74) is 4.39. The molecular weight excluding hydrogens is 198 g/mol. The van der Waals surface area contributed by atoms with Gasteiger partial charge in [-0.25, -0.2) is 0 Å². The molecule has 0 spiro atoms. The van der Waals surface area contributed by atoms with E-state index in [-0.39, 0.29) is 0 Å². The first-order chi connectivity index (χ1) is 7.83. The Labute approximate surface area is 94.0 Å². The molecule has 0 fully saturated rings. The Balaban J connectivity index is 2.06. The van der Waals surface area contributed by atoms with Gasteiger partial charge in [0.05, 0.1) is 5.69 Å². The molecule has 1 aromatic heterocycles. The van der Waals surface area contributed by atoms with Gasteiger partial charge in [-0.05, 0) is 29.3 Å². The lowest BCUT2D eigenvalue weighted by Gasteiger charge is -2.03. The molecule has 0 unspecified atom stereocenters. The normalized spacial score (nSPS) is 13.9. The highest BCUT2D eigenvalue weighted by atomic mass is 16.1. The first-order valence-corrected chi connectivity index (χ1v) is 5.38. The Hall–Kier alpha value is -1.96. The van der Waals surface area contributed by atoms with Crippen LogP contribution in [-0.4, -0.2) is 10.8 Å². The second-order valence-corrected chi connectivity index (χ2v) is 4.09. The smallest absolute Gasteiger partial charge is 0.141 e. The third kappa shape index (κ3) is 1.52. The van der Waals surface area contributed by atoms with Gasteiger partial charge in [-0.3, -0.25) is 9.78 Å². The molecule has 0 saturated heterocycles. The maximum atomic E-state index is 11.3. The van der Waals surface area contributed by atoms with Gasteiger partial charge >= 0.3 is 0 Å². The maximum Gasteiger partial charge on any atom is 0.141 e. The molecule has 2 nitrogen and oxygen atoms in total. The second-order valence-electron chi connectivity index (χ2n) is 4.09. The number of carbonyl (C=O) groups excluding carboxylic acids is 1. The fourth-order valence-corrected chi connectivity index (χ4v) is 2.14. The molecule has 1 aliphatic rings. The highest BCUT2D eigenvalue weighted by molar-refractivity contribution is 5.88. The summed E-state index contributed by atoms with van der Waals surface area (Å²) >= 11 is 0. The van der Waals surface area contributed by atoms with Crippen molar-refractivity contribution in [3.63, 3.8) is 0 Å². The predicted molar refractivity (Wildman–Crippen MR) is 62.1 cm³/mol. The first-order valence-electron chi connectivity index (χ1n) is 5.38. The fraction of sp³-hybridized carbons (Fsp3) is 0.143. The number of aromatic nitrogens is 1. The van der Waals surface area contributed by atoms with Crippen molar-refractivity contribution >= 4 is 5.78 Å². The van der Waals surface area contributed by atoms with E-state index in [2.05, 4.69) is 11.1 Å². The number of pyridine rings is 1. The van der Waals surface area contributed by atoms with Crippen LogP contribution >= 0.6 is 0 Å². The van der Waals surface area contributed by atoms with Crippen molar-refractivity contribution < 1.29 is 4.79 Å². The summed E-state index contributed by atoms with van der Waals surface area (Å²) in [4.78, 5) is 15.6. The molecule has 16 heavy (non-hydrogen) atoms. The fourth-order valence-electron chi connectivity index (χ4n) is 2.14. The molecule has 1 aliphatic carbocycles. The summed E-state index contributed by atoms with van der Waals surface area (Å²) in [6.07, 6.45) is 2.96. The molecule has 1 heterocycles. The van der Waals surface area contributed by atoms with Crippen molar-refractivity contribution in [1.82, 2.24) is 4.98 Å². The van der Waals surface area contributed by atoms with Crippen molar-refractivity contribution in [2.75, 3.05) is 0 Å². The van der Waals surface area contributed by atoms with E-state index in [4.69, 9.17) is 0 Å². The Morgan fingerprint density at radius 2 is 1.88 bits per heavy atom. The zero-order valence-corrected chi connectivity index (χ0v) is 8.81. The van der Waals surface area contributed by atoms with Gasteiger partial charge in [0.1, 0.15) is 5.78 Å². The third-order valence-electron chi connectivity index (χ3n) is 2.94. The molecule has 0 N–H and O–H groups in total. The molecule has 2 heteroatoms. The van der Waals surface area contributed by atoms with Gasteiger partial charge < -0.3 is 0 Å². The largest absolute Gasteiger partial charge is 0.299 e. The van der Waals surface area contributed by atoms with Gasteiger partial charge in [0.25, 0.3) is 0 Å². The number of hydrogen-bond acceptors (Lipinski definition) is 2. The molecule has 1 aromatic carbocycles. The summed E-state index contributed by atoms with van der Waals surface area (Å²) in [5.74, 6) is 0.313. The maximum absolute atomic E-state index is 11.3. The molecule has 0 radical (unpaired) electrons. The Morgan fingerprint density at radius 3 is 2.69 bits per heavy atom. The number of hydrogen-bond donors (Lipinski definition) is 0. The van der Waals surface area contributed by atoms with E-state index in [0.29, 0.717) is 18.6 Å². The predicted octanol–water partition coefficient (Wildman–Crippen LogP) is 2.42. The lowest BCUT2D eigenvalue weighted by molar-refractivity contribution is -0.117. The van der Waals surface area contributed by atoms with Gasteiger partial charge in [-0.1, -0.05) is 18.2 Å². The average molecular weight is 209 g/mol. The quantitative estimate of drug-likeness (QED) is 0.722. The number of nitrogens with zero attached hydrogens (tertiary/aromatic N) is 1. The van der Waals surface area contributed by atoms with E-state index in [0.717, 1.165) is 16.8 Å². The SMILES string of the molecule is O=C1Cc2ccc(-c3ccccn3)cc2C1. The van der Waals surface area contributed by atoms with Crippen LogP contribution in [0.1, 0.15) is 11.1 Å². The van der Waals surface area contributed by atoms with E-state index in [9.17, 15) is 4.79 Å². The van der Waals surface area contributed by atoms with E-state index >= 15 is 0 Å². The summed E-state index contributed by atoms with van der Waals surface area (Å²) in [5, 5.41) is 0. The molecule has 0 amide bonds. The van der Waals surface area contributed by atoms with Crippen LogP contribution in [-0.2, 0) is 17.6 Å². The van der Waals surface area contributed by atoms with Crippen molar-refractivity contribution in [2.45, 2.75) is 12.8 Å². The van der Waals surface area contributed by atoms with Crippen LogP contribution in [0.2, 0.25) is 0 Å². The minimum absolute atomic E-state index is 0.313. The van der Waals surface area contributed by atoms with Crippen molar-refractivity contribution in [3.8, 4) is 11.3 Å². The van der Waals surface area contributed by atoms with E-state index in [1.807, 2.05) is 30.3 Å². The van der Waals surface area contributed by atoms with Crippen molar-refractivity contribution in [3.05, 3.63) is 53.7 Å². The van der Waals surface area contributed by atoms with Gasteiger partial charge in [0.2, 0.25) is 0 Å². The first kappa shape index (κ1) is 9.28. The molecule has 0 atom stereocenters. The second kappa shape index (κ2) is 3.56. The Morgan fingerprint density at radius 1 is 1.00 bits per heavy atom.